The highest BCUT2D eigenvalue weighted by atomic mass is 16.5. The number of nitrogens with zero attached hydrogens (tertiary/aromatic N) is 1. The topological polar surface area (TPSA) is 68.5 Å². The van der Waals surface area contributed by atoms with Crippen LogP contribution in [0.5, 0.6) is 17.2 Å². The standard InChI is InChI=1S/C30H27NO4/c1-33-27-12-6-7-22(30(27)34-23-8-2-3-9-23)17-18-26-28(21-15-13-20(19-31)14-16-21)29(32)24-10-4-5-11-25(24)35-26/h4-7,10-18,23,26,28H,2-3,8-9H2,1H3/b18-17+. The Hall–Kier alpha value is -4.04. The van der Waals surface area contributed by atoms with E-state index < -0.39 is 12.0 Å². The lowest BCUT2D eigenvalue weighted by Gasteiger charge is -2.31. The fraction of sp³-hybridized carbons (Fsp3) is 0.267. The molecule has 2 unspecified atom stereocenters. The van der Waals surface area contributed by atoms with E-state index in [1.165, 1.54) is 12.8 Å². The fourth-order valence-corrected chi connectivity index (χ4v) is 4.88. The van der Waals surface area contributed by atoms with Crippen LogP contribution >= 0.6 is 0 Å². The molecule has 1 saturated carbocycles. The van der Waals surface area contributed by atoms with Gasteiger partial charge in [-0.15, -0.1) is 0 Å². The van der Waals surface area contributed by atoms with Gasteiger partial charge in [0.05, 0.1) is 36.3 Å². The Morgan fingerprint density at radius 2 is 1.77 bits per heavy atom. The van der Waals surface area contributed by atoms with Gasteiger partial charge in [0.2, 0.25) is 0 Å². The summed E-state index contributed by atoms with van der Waals surface area (Å²) in [5.41, 5.74) is 2.81. The molecule has 5 nitrogen and oxygen atoms in total. The van der Waals surface area contributed by atoms with Gasteiger partial charge in [-0.2, -0.15) is 5.26 Å². The van der Waals surface area contributed by atoms with Crippen LogP contribution in [0.2, 0.25) is 0 Å². The van der Waals surface area contributed by atoms with E-state index in [1.54, 1.807) is 25.3 Å². The Morgan fingerprint density at radius 3 is 2.51 bits per heavy atom. The molecule has 176 valence electrons. The highest BCUT2D eigenvalue weighted by Gasteiger charge is 2.37. The average molecular weight is 466 g/mol. The van der Waals surface area contributed by atoms with Crippen LogP contribution in [0.3, 0.4) is 0 Å². The van der Waals surface area contributed by atoms with Crippen LogP contribution in [0, 0.1) is 11.3 Å². The van der Waals surface area contributed by atoms with Gasteiger partial charge in [0, 0.05) is 5.56 Å². The van der Waals surface area contributed by atoms with E-state index in [0.29, 0.717) is 22.6 Å². The van der Waals surface area contributed by atoms with Crippen molar-refractivity contribution in [2.45, 2.75) is 43.8 Å². The van der Waals surface area contributed by atoms with E-state index in [0.717, 1.165) is 29.7 Å². The summed E-state index contributed by atoms with van der Waals surface area (Å²) in [7, 11) is 1.64. The lowest BCUT2D eigenvalue weighted by Crippen LogP contribution is -2.34. The molecule has 35 heavy (non-hydrogen) atoms. The first-order valence-electron chi connectivity index (χ1n) is 12.0. The van der Waals surface area contributed by atoms with Crippen LogP contribution in [0.15, 0.2) is 72.8 Å². The van der Waals surface area contributed by atoms with Crippen LogP contribution in [0.25, 0.3) is 6.08 Å². The number of rotatable bonds is 6. The van der Waals surface area contributed by atoms with Crippen molar-refractivity contribution in [2.75, 3.05) is 7.11 Å². The molecule has 1 heterocycles. The third-order valence-corrected chi connectivity index (χ3v) is 6.71. The number of Topliss-reactive ketones (excluding diaryl/α,β-unsaturated/α-hetero) is 1. The van der Waals surface area contributed by atoms with Crippen molar-refractivity contribution in [3.63, 3.8) is 0 Å². The number of benzene rings is 3. The molecule has 1 aliphatic heterocycles. The first kappa shape index (κ1) is 22.7. The number of ketones is 1. The molecule has 5 heteroatoms. The van der Waals surface area contributed by atoms with Gasteiger partial charge >= 0.3 is 0 Å². The zero-order chi connectivity index (χ0) is 24.2. The molecular weight excluding hydrogens is 438 g/mol. The second-order valence-electron chi connectivity index (χ2n) is 8.92. The van der Waals surface area contributed by atoms with Crippen LogP contribution in [0.4, 0.5) is 0 Å². The summed E-state index contributed by atoms with van der Waals surface area (Å²) in [6, 6.07) is 22.4. The summed E-state index contributed by atoms with van der Waals surface area (Å²) < 4.78 is 18.3. The molecule has 0 aromatic heterocycles. The summed E-state index contributed by atoms with van der Waals surface area (Å²) in [5.74, 6) is 1.45. The molecule has 0 N–H and O–H groups in total. The van der Waals surface area contributed by atoms with E-state index in [2.05, 4.69) is 6.07 Å². The van der Waals surface area contributed by atoms with Crippen molar-refractivity contribution in [1.82, 2.24) is 0 Å². The van der Waals surface area contributed by atoms with Gasteiger partial charge in [-0.25, -0.2) is 0 Å². The summed E-state index contributed by atoms with van der Waals surface area (Å²) in [4.78, 5) is 13.6. The number of carbonyl (C=O) groups is 1. The van der Waals surface area contributed by atoms with E-state index in [9.17, 15) is 10.1 Å². The third kappa shape index (κ3) is 4.65. The van der Waals surface area contributed by atoms with Crippen molar-refractivity contribution in [3.8, 4) is 23.3 Å². The third-order valence-electron chi connectivity index (χ3n) is 6.71. The number of ether oxygens (including phenoxy) is 3. The molecule has 0 amide bonds. The zero-order valence-electron chi connectivity index (χ0n) is 19.6. The summed E-state index contributed by atoms with van der Waals surface area (Å²) in [6.45, 7) is 0. The first-order chi connectivity index (χ1) is 17.2. The number of hydrogen-bond acceptors (Lipinski definition) is 5. The van der Waals surface area contributed by atoms with Crippen molar-refractivity contribution in [2.24, 2.45) is 0 Å². The highest BCUT2D eigenvalue weighted by molar-refractivity contribution is 6.04. The van der Waals surface area contributed by atoms with Gasteiger partial charge in [0.1, 0.15) is 11.9 Å². The second-order valence-corrected chi connectivity index (χ2v) is 8.92. The maximum absolute atomic E-state index is 13.6. The van der Waals surface area contributed by atoms with Crippen molar-refractivity contribution in [3.05, 3.63) is 95.1 Å². The van der Waals surface area contributed by atoms with E-state index in [4.69, 9.17) is 14.2 Å². The molecule has 0 saturated heterocycles. The molecule has 1 fully saturated rings. The van der Waals surface area contributed by atoms with E-state index in [1.807, 2.05) is 60.7 Å². The van der Waals surface area contributed by atoms with E-state index in [-0.39, 0.29) is 11.9 Å². The maximum atomic E-state index is 13.6. The predicted octanol–water partition coefficient (Wildman–Crippen LogP) is 6.33. The smallest absolute Gasteiger partial charge is 0.178 e. The Morgan fingerprint density at radius 1 is 1.00 bits per heavy atom. The predicted molar refractivity (Wildman–Crippen MR) is 134 cm³/mol. The van der Waals surface area contributed by atoms with Crippen LogP contribution in [0.1, 0.15) is 58.6 Å². The number of hydrogen-bond donors (Lipinski definition) is 0. The second kappa shape index (κ2) is 10.1. The van der Waals surface area contributed by atoms with Crippen LogP contribution < -0.4 is 14.2 Å². The Labute approximate surface area is 205 Å². The molecule has 0 bridgehead atoms. The average Bonchev–Trinajstić information content (AvgIpc) is 3.41. The molecule has 2 atom stereocenters. The Balaban J connectivity index is 1.51. The van der Waals surface area contributed by atoms with E-state index >= 15 is 0 Å². The van der Waals surface area contributed by atoms with Gasteiger partial charge in [0.25, 0.3) is 0 Å². The zero-order valence-corrected chi connectivity index (χ0v) is 19.6. The molecule has 0 spiro atoms. The largest absolute Gasteiger partial charge is 0.493 e. The van der Waals surface area contributed by atoms with Crippen LogP contribution in [-0.4, -0.2) is 25.1 Å². The van der Waals surface area contributed by atoms with Crippen LogP contribution in [-0.2, 0) is 0 Å². The van der Waals surface area contributed by atoms with Gasteiger partial charge in [-0.1, -0.05) is 42.5 Å². The lowest BCUT2D eigenvalue weighted by molar-refractivity contribution is 0.0842. The molecule has 1 aliphatic carbocycles. The normalized spacial score (nSPS) is 19.7. The van der Waals surface area contributed by atoms with Gasteiger partial charge in [0.15, 0.2) is 17.3 Å². The van der Waals surface area contributed by atoms with Crippen molar-refractivity contribution in [1.29, 1.82) is 5.26 Å². The number of fused-ring (bicyclic) bond motifs is 1. The van der Waals surface area contributed by atoms with Gasteiger partial charge < -0.3 is 14.2 Å². The summed E-state index contributed by atoms with van der Waals surface area (Å²) in [6.07, 6.45) is 7.98. The number of nitriles is 1. The molecule has 2 aliphatic rings. The van der Waals surface area contributed by atoms with Gasteiger partial charge in [-0.3, -0.25) is 4.79 Å². The van der Waals surface area contributed by atoms with Crippen molar-refractivity contribution < 1.29 is 19.0 Å². The summed E-state index contributed by atoms with van der Waals surface area (Å²) in [5, 5.41) is 9.18. The minimum absolute atomic E-state index is 0.000668. The maximum Gasteiger partial charge on any atom is 0.178 e. The number of methoxy groups -OCH3 is 1. The first-order valence-corrected chi connectivity index (χ1v) is 12.0. The summed E-state index contributed by atoms with van der Waals surface area (Å²) >= 11 is 0. The quantitative estimate of drug-likeness (QED) is 0.426. The molecule has 3 aromatic rings. The monoisotopic (exact) mass is 465 g/mol. The molecule has 3 aromatic carbocycles. The molecule has 0 radical (unpaired) electrons. The Bertz CT molecular complexity index is 1280. The molecule has 5 rings (SSSR count). The minimum atomic E-state index is -0.529. The Kier molecular flexibility index (Phi) is 6.54. The SMILES string of the molecule is COc1cccc(/C=C/C2Oc3ccccc3C(=O)C2c2ccc(C#N)cc2)c1OC1CCCC1. The molecular formula is C30H27NO4. The number of para-hydroxylation sites is 2. The highest BCUT2D eigenvalue weighted by Crippen LogP contribution is 2.39. The minimum Gasteiger partial charge on any atom is -0.493 e. The lowest BCUT2D eigenvalue weighted by atomic mass is 9.83. The van der Waals surface area contributed by atoms with Crippen molar-refractivity contribution >= 4 is 11.9 Å². The number of carbonyl (C=O) groups excluding carboxylic acids is 1. The fourth-order valence-electron chi connectivity index (χ4n) is 4.88. The van der Waals surface area contributed by atoms with Gasteiger partial charge in [-0.05, 0) is 67.7 Å².